The third kappa shape index (κ3) is 4.10. The summed E-state index contributed by atoms with van der Waals surface area (Å²) < 4.78 is 11.8. The lowest BCUT2D eigenvalue weighted by Gasteiger charge is -2.11. The number of hydrogen-bond donors (Lipinski definition) is 0. The highest BCUT2D eigenvalue weighted by atomic mass is 32.2. The second-order valence-electron chi connectivity index (χ2n) is 6.42. The number of ether oxygens (including phenoxy) is 2. The lowest BCUT2D eigenvalue weighted by atomic mass is 10.2. The number of hydrogen-bond acceptors (Lipinski definition) is 5. The Morgan fingerprint density at radius 3 is 2.81 bits per heavy atom. The van der Waals surface area contributed by atoms with E-state index in [9.17, 15) is 0 Å². The lowest BCUT2D eigenvalue weighted by Crippen LogP contribution is -2.00. The van der Waals surface area contributed by atoms with Crippen LogP contribution >= 0.6 is 11.8 Å². The predicted octanol–water partition coefficient (Wildman–Crippen LogP) is 5.25. The SMILES string of the molecule is CCCOc1nccc2c(OCc3cccc(SC4CC4)c3)ccnc12. The Labute approximate surface area is 158 Å². The van der Waals surface area contributed by atoms with E-state index in [1.54, 1.807) is 12.4 Å². The van der Waals surface area contributed by atoms with Crippen LogP contribution in [0.4, 0.5) is 0 Å². The summed E-state index contributed by atoms with van der Waals surface area (Å²) in [6.07, 6.45) is 7.10. The van der Waals surface area contributed by atoms with E-state index in [-0.39, 0.29) is 0 Å². The van der Waals surface area contributed by atoms with E-state index < -0.39 is 0 Å². The maximum absolute atomic E-state index is 6.11. The molecule has 0 radical (unpaired) electrons. The minimum Gasteiger partial charge on any atom is -0.488 e. The molecule has 134 valence electrons. The van der Waals surface area contributed by atoms with Crippen molar-refractivity contribution < 1.29 is 9.47 Å². The Morgan fingerprint density at radius 2 is 1.96 bits per heavy atom. The number of thioether (sulfide) groups is 1. The molecule has 2 aromatic heterocycles. The summed E-state index contributed by atoms with van der Waals surface area (Å²) >= 11 is 1.97. The van der Waals surface area contributed by atoms with Crippen LogP contribution in [0.2, 0.25) is 0 Å². The van der Waals surface area contributed by atoms with Crippen molar-refractivity contribution in [1.82, 2.24) is 9.97 Å². The van der Waals surface area contributed by atoms with Crippen molar-refractivity contribution in [1.29, 1.82) is 0 Å². The van der Waals surface area contributed by atoms with Gasteiger partial charge in [-0.2, -0.15) is 0 Å². The van der Waals surface area contributed by atoms with Gasteiger partial charge in [-0.15, -0.1) is 11.8 Å². The normalized spacial score (nSPS) is 13.7. The Morgan fingerprint density at radius 1 is 1.08 bits per heavy atom. The number of aromatic nitrogens is 2. The molecular formula is C21H22N2O2S. The highest BCUT2D eigenvalue weighted by Crippen LogP contribution is 2.39. The number of pyridine rings is 2. The Kier molecular flexibility index (Phi) is 5.25. The van der Waals surface area contributed by atoms with Crippen LogP contribution in [0.25, 0.3) is 10.9 Å². The number of nitrogens with zero attached hydrogens (tertiary/aromatic N) is 2. The molecule has 4 rings (SSSR count). The van der Waals surface area contributed by atoms with Gasteiger partial charge in [-0.05, 0) is 49.1 Å². The van der Waals surface area contributed by atoms with Crippen LogP contribution in [-0.2, 0) is 6.61 Å². The highest BCUT2D eigenvalue weighted by molar-refractivity contribution is 8.00. The molecule has 1 aliphatic rings. The van der Waals surface area contributed by atoms with Gasteiger partial charge >= 0.3 is 0 Å². The zero-order chi connectivity index (χ0) is 17.8. The molecule has 0 amide bonds. The number of fused-ring (bicyclic) bond motifs is 1. The summed E-state index contributed by atoms with van der Waals surface area (Å²) in [5, 5.41) is 1.74. The molecular weight excluding hydrogens is 344 g/mol. The Hall–Kier alpha value is -2.27. The first-order chi connectivity index (χ1) is 12.8. The largest absolute Gasteiger partial charge is 0.488 e. The highest BCUT2D eigenvalue weighted by Gasteiger charge is 2.22. The van der Waals surface area contributed by atoms with E-state index in [0.717, 1.165) is 28.3 Å². The molecule has 0 saturated heterocycles. The van der Waals surface area contributed by atoms with Crippen LogP contribution in [0.3, 0.4) is 0 Å². The maximum atomic E-state index is 6.11. The van der Waals surface area contributed by atoms with Crippen molar-refractivity contribution >= 4 is 22.7 Å². The van der Waals surface area contributed by atoms with Crippen molar-refractivity contribution in [3.63, 3.8) is 0 Å². The average molecular weight is 366 g/mol. The summed E-state index contributed by atoms with van der Waals surface area (Å²) in [5.74, 6) is 1.37. The molecule has 26 heavy (non-hydrogen) atoms. The molecule has 3 aromatic rings. The van der Waals surface area contributed by atoms with Gasteiger partial charge < -0.3 is 9.47 Å². The van der Waals surface area contributed by atoms with E-state index in [2.05, 4.69) is 41.2 Å². The zero-order valence-corrected chi connectivity index (χ0v) is 15.7. The van der Waals surface area contributed by atoms with E-state index in [1.165, 1.54) is 23.3 Å². The van der Waals surface area contributed by atoms with Crippen molar-refractivity contribution in [2.24, 2.45) is 0 Å². The lowest BCUT2D eigenvalue weighted by molar-refractivity contribution is 0.305. The molecule has 1 aliphatic carbocycles. The van der Waals surface area contributed by atoms with Gasteiger partial charge in [-0.1, -0.05) is 19.1 Å². The van der Waals surface area contributed by atoms with Gasteiger partial charge in [0.25, 0.3) is 0 Å². The first-order valence-corrected chi connectivity index (χ1v) is 9.96. The third-order valence-corrected chi connectivity index (χ3v) is 5.48. The van der Waals surface area contributed by atoms with Crippen LogP contribution in [0.1, 0.15) is 31.7 Å². The molecule has 0 bridgehead atoms. The second-order valence-corrected chi connectivity index (χ2v) is 7.80. The van der Waals surface area contributed by atoms with Crippen molar-refractivity contribution in [3.05, 3.63) is 54.4 Å². The van der Waals surface area contributed by atoms with E-state index in [4.69, 9.17) is 9.47 Å². The van der Waals surface area contributed by atoms with E-state index >= 15 is 0 Å². The predicted molar refractivity (Wildman–Crippen MR) is 105 cm³/mol. The topological polar surface area (TPSA) is 44.2 Å². The zero-order valence-electron chi connectivity index (χ0n) is 14.9. The standard InChI is InChI=1S/C21H22N2O2S/c1-2-12-24-21-20-18(8-10-23-21)19(9-11-22-20)25-14-15-4-3-5-17(13-15)26-16-6-7-16/h3-5,8-11,13,16H,2,6-7,12,14H2,1H3. The van der Waals surface area contributed by atoms with Gasteiger partial charge in [-0.25, -0.2) is 4.98 Å². The first-order valence-electron chi connectivity index (χ1n) is 9.08. The molecule has 1 fully saturated rings. The van der Waals surface area contributed by atoms with Crippen LogP contribution in [0, 0.1) is 0 Å². The van der Waals surface area contributed by atoms with Gasteiger partial charge in [0.2, 0.25) is 5.88 Å². The molecule has 0 N–H and O–H groups in total. The van der Waals surface area contributed by atoms with Gasteiger partial charge in [0.15, 0.2) is 0 Å². The van der Waals surface area contributed by atoms with Crippen molar-refractivity contribution in [2.45, 2.75) is 42.9 Å². The van der Waals surface area contributed by atoms with Crippen LogP contribution in [0.5, 0.6) is 11.6 Å². The molecule has 4 nitrogen and oxygen atoms in total. The molecule has 0 unspecified atom stereocenters. The van der Waals surface area contributed by atoms with Gasteiger partial charge in [0.05, 0.1) is 6.61 Å². The minimum absolute atomic E-state index is 0.533. The second kappa shape index (κ2) is 7.96. The maximum Gasteiger partial charge on any atom is 0.240 e. The summed E-state index contributed by atoms with van der Waals surface area (Å²) in [6.45, 7) is 3.23. The third-order valence-electron chi connectivity index (χ3n) is 4.15. The minimum atomic E-state index is 0.533. The Balaban J connectivity index is 1.52. The molecule has 0 spiro atoms. The molecule has 1 aromatic carbocycles. The molecule has 1 saturated carbocycles. The van der Waals surface area contributed by atoms with Crippen molar-refractivity contribution in [2.75, 3.05) is 6.61 Å². The fraction of sp³-hybridized carbons (Fsp3) is 0.333. The summed E-state index contributed by atoms with van der Waals surface area (Å²) in [4.78, 5) is 10.1. The van der Waals surface area contributed by atoms with Gasteiger partial charge in [0, 0.05) is 27.9 Å². The smallest absolute Gasteiger partial charge is 0.240 e. The van der Waals surface area contributed by atoms with E-state index in [0.29, 0.717) is 19.1 Å². The van der Waals surface area contributed by atoms with Gasteiger partial charge in [0.1, 0.15) is 17.9 Å². The number of benzene rings is 1. The van der Waals surface area contributed by atoms with E-state index in [1.807, 2.05) is 23.9 Å². The molecule has 0 atom stereocenters. The van der Waals surface area contributed by atoms with Gasteiger partial charge in [-0.3, -0.25) is 4.98 Å². The molecule has 0 aliphatic heterocycles. The van der Waals surface area contributed by atoms with Crippen LogP contribution in [-0.4, -0.2) is 21.8 Å². The summed E-state index contributed by atoms with van der Waals surface area (Å²) in [7, 11) is 0. The fourth-order valence-corrected chi connectivity index (χ4v) is 3.84. The Bertz CT molecular complexity index is 896. The molecule has 2 heterocycles. The van der Waals surface area contributed by atoms with Crippen LogP contribution < -0.4 is 9.47 Å². The summed E-state index contributed by atoms with van der Waals surface area (Å²) in [6, 6.07) is 12.4. The van der Waals surface area contributed by atoms with Crippen molar-refractivity contribution in [3.8, 4) is 11.6 Å². The monoisotopic (exact) mass is 366 g/mol. The summed E-state index contributed by atoms with van der Waals surface area (Å²) in [5.41, 5.74) is 1.92. The quantitative estimate of drug-likeness (QED) is 0.545. The van der Waals surface area contributed by atoms with Crippen LogP contribution in [0.15, 0.2) is 53.7 Å². The fourth-order valence-electron chi connectivity index (χ4n) is 2.71. The first kappa shape index (κ1) is 17.2. The molecule has 5 heteroatoms. The number of rotatable bonds is 8. The average Bonchev–Trinajstić information content (AvgIpc) is 3.49.